The molecular weight excluding hydrogens is 698 g/mol. The van der Waals surface area contributed by atoms with Gasteiger partial charge >= 0.3 is 6.09 Å². The van der Waals surface area contributed by atoms with Crippen molar-refractivity contribution in [2.24, 2.45) is 5.92 Å². The Morgan fingerprint density at radius 3 is 2.63 bits per heavy atom. The molecule has 0 spiro atoms. The number of hydrogen-bond donors (Lipinski definition) is 4. The van der Waals surface area contributed by atoms with E-state index >= 15 is 0 Å². The van der Waals surface area contributed by atoms with Gasteiger partial charge in [-0.25, -0.2) is 18.2 Å². The molecule has 1 saturated heterocycles. The molecule has 5 aliphatic rings. The van der Waals surface area contributed by atoms with Gasteiger partial charge in [-0.3, -0.25) is 19.1 Å². The van der Waals surface area contributed by atoms with Crippen molar-refractivity contribution >= 4 is 44.6 Å². The molecule has 0 bridgehead atoms. The predicted molar refractivity (Wildman–Crippen MR) is 184 cm³/mol. The molecule has 16 nitrogen and oxygen atoms in total. The molecule has 280 valence electrons. The number of ether oxygens (including phenoxy) is 4. The van der Waals surface area contributed by atoms with Crippen LogP contribution in [0.2, 0.25) is 0 Å². The van der Waals surface area contributed by atoms with Crippen LogP contribution in [-0.2, 0) is 29.1 Å². The van der Waals surface area contributed by atoms with Crippen LogP contribution in [0.3, 0.4) is 0 Å². The second-order valence-corrected chi connectivity index (χ2v) is 16.7. The fourth-order valence-electron chi connectivity index (χ4n) is 7.23. The van der Waals surface area contributed by atoms with Gasteiger partial charge in [-0.05, 0) is 71.1 Å². The number of carbonyl (C=O) groups excluding carboxylic acids is 3. The monoisotopic (exact) mass is 741 g/mol. The first-order valence-electron chi connectivity index (χ1n) is 17.6. The minimum atomic E-state index is -4.02. The zero-order chi connectivity index (χ0) is 37.0. The van der Waals surface area contributed by atoms with Gasteiger partial charge in [0.25, 0.3) is 5.91 Å². The fraction of sp³-hybridized carbons (Fsp3) is 0.571. The van der Waals surface area contributed by atoms with E-state index in [1.165, 1.54) is 4.90 Å². The van der Waals surface area contributed by atoms with Crippen LogP contribution in [-0.4, -0.2) is 108 Å². The molecule has 3 aliphatic heterocycles. The summed E-state index contributed by atoms with van der Waals surface area (Å²) in [7, 11) is -4.02. The highest BCUT2D eigenvalue weighted by molar-refractivity contribution is 7.91. The number of carboxylic acid groups (broad SMARTS) is 1. The number of carbonyl (C=O) groups is 4. The number of nitrogens with one attached hydrogen (secondary N) is 3. The maximum atomic E-state index is 14.3. The van der Waals surface area contributed by atoms with Gasteiger partial charge in [0.05, 0.1) is 23.5 Å². The Bertz CT molecular complexity index is 1930. The number of pyridine rings is 1. The van der Waals surface area contributed by atoms with Crippen LogP contribution in [0.4, 0.5) is 4.79 Å². The van der Waals surface area contributed by atoms with Crippen LogP contribution < -0.4 is 29.6 Å². The lowest BCUT2D eigenvalue weighted by molar-refractivity contribution is -0.144. The van der Waals surface area contributed by atoms with E-state index in [2.05, 4.69) is 20.3 Å². The van der Waals surface area contributed by atoms with Gasteiger partial charge in [0.15, 0.2) is 11.5 Å². The van der Waals surface area contributed by atoms with Gasteiger partial charge in [0.2, 0.25) is 27.7 Å². The van der Waals surface area contributed by atoms with E-state index in [4.69, 9.17) is 18.9 Å². The number of nitrogens with zero attached hydrogens (tertiary/aromatic N) is 2. The quantitative estimate of drug-likeness (QED) is 0.313. The maximum Gasteiger partial charge on any atom is 0.405 e. The highest BCUT2D eigenvalue weighted by atomic mass is 32.2. The number of rotatable bonds is 6. The Morgan fingerprint density at radius 2 is 1.88 bits per heavy atom. The smallest absolute Gasteiger partial charge is 0.405 e. The van der Waals surface area contributed by atoms with Crippen LogP contribution in [0.15, 0.2) is 36.5 Å². The van der Waals surface area contributed by atoms with Crippen LogP contribution in [0.1, 0.15) is 59.3 Å². The van der Waals surface area contributed by atoms with Gasteiger partial charge < -0.3 is 39.6 Å². The van der Waals surface area contributed by atoms with Gasteiger partial charge in [-0.1, -0.05) is 12.2 Å². The molecule has 7 atom stereocenters. The molecule has 2 aliphatic carbocycles. The van der Waals surface area contributed by atoms with E-state index in [1.807, 2.05) is 13.0 Å². The zero-order valence-electron chi connectivity index (χ0n) is 29.1. The highest BCUT2D eigenvalue weighted by Gasteiger charge is 2.63. The van der Waals surface area contributed by atoms with E-state index in [9.17, 15) is 32.7 Å². The summed E-state index contributed by atoms with van der Waals surface area (Å²) >= 11 is 0. The van der Waals surface area contributed by atoms with E-state index < -0.39 is 74.3 Å². The molecule has 1 aromatic carbocycles. The van der Waals surface area contributed by atoms with Crippen LogP contribution >= 0.6 is 0 Å². The molecule has 2 aromatic rings. The van der Waals surface area contributed by atoms with E-state index in [0.29, 0.717) is 61.2 Å². The molecule has 4 N–H and O–H groups in total. The average molecular weight is 742 g/mol. The molecule has 4 amide bonds. The maximum absolute atomic E-state index is 14.3. The average Bonchev–Trinajstić information content (AvgIpc) is 3.98. The summed E-state index contributed by atoms with van der Waals surface area (Å²) in [5.41, 5.74) is -1.58. The van der Waals surface area contributed by atoms with E-state index in [1.54, 1.807) is 44.3 Å². The molecule has 1 aromatic heterocycles. The lowest BCUT2D eigenvalue weighted by Gasteiger charge is -2.32. The van der Waals surface area contributed by atoms with Gasteiger partial charge in [-0.15, -0.1) is 0 Å². The first-order chi connectivity index (χ1) is 24.7. The highest BCUT2D eigenvalue weighted by Crippen LogP contribution is 2.48. The number of amides is 4. The summed E-state index contributed by atoms with van der Waals surface area (Å²) in [6.45, 7) is 5.61. The molecule has 3 fully saturated rings. The minimum Gasteiger partial charge on any atom is -0.486 e. The van der Waals surface area contributed by atoms with Gasteiger partial charge in [-0.2, -0.15) is 0 Å². The number of fused-ring (bicyclic) bond motifs is 5. The minimum absolute atomic E-state index is 0.0415. The van der Waals surface area contributed by atoms with Crippen LogP contribution in [0.25, 0.3) is 10.8 Å². The molecule has 0 radical (unpaired) electrons. The molecule has 4 heterocycles. The van der Waals surface area contributed by atoms with Crippen molar-refractivity contribution in [3.8, 4) is 17.4 Å². The first kappa shape index (κ1) is 35.7. The lowest BCUT2D eigenvalue weighted by atomic mass is 10.1. The topological polar surface area (TPSA) is 212 Å². The van der Waals surface area contributed by atoms with Crippen LogP contribution in [0.5, 0.6) is 17.4 Å². The number of allylic oxidation sites excluding steroid dienone is 1. The van der Waals surface area contributed by atoms with E-state index in [-0.39, 0.29) is 31.4 Å². The Balaban J connectivity index is 1.21. The Kier molecular flexibility index (Phi) is 9.21. The second-order valence-electron chi connectivity index (χ2n) is 14.5. The number of sulfonamides is 1. The third kappa shape index (κ3) is 6.71. The first-order valence-corrected chi connectivity index (χ1v) is 19.0. The lowest BCUT2D eigenvalue weighted by Crippen LogP contribution is -2.60. The standard InChI is InChI=1S/C35H43N5O11S/c1-19-6-4-5-7-21-17-35(21,32(43)39-52(46,47)34(3)11-12-34)38-29(41)25-16-22(18-40(25)31(42)27(20(2)50-19)37-33(44)45)51-30-24-8-9-26-28(49-15-14-48-26)23(24)10-13-36-30/h5,7-10,13,19-22,25,27,37H,4,6,11-12,14-18H2,1-3H3,(H,38,41)(H,39,43)(H,44,45)/b7-5-/t19-,20+,21-,22-,25+,27+,35-/m1/s1. The largest absolute Gasteiger partial charge is 0.486 e. The Morgan fingerprint density at radius 1 is 1.12 bits per heavy atom. The summed E-state index contributed by atoms with van der Waals surface area (Å²) in [5.74, 6) is -1.43. The fourth-order valence-corrected chi connectivity index (χ4v) is 8.54. The molecular formula is C35H43N5O11S. The summed E-state index contributed by atoms with van der Waals surface area (Å²) in [6.07, 6.45) is 3.63. The zero-order valence-corrected chi connectivity index (χ0v) is 29.9. The molecule has 7 rings (SSSR count). The van der Waals surface area contributed by atoms with Crippen LogP contribution in [0, 0.1) is 5.92 Å². The van der Waals surface area contributed by atoms with Crippen molar-refractivity contribution < 1.29 is 51.6 Å². The molecule has 0 unspecified atom stereocenters. The normalized spacial score (nSPS) is 31.9. The summed E-state index contributed by atoms with van der Waals surface area (Å²) in [5, 5.41) is 16.1. The van der Waals surface area contributed by atoms with Crippen molar-refractivity contribution in [3.05, 3.63) is 36.5 Å². The van der Waals surface area contributed by atoms with Crippen molar-refractivity contribution in [1.29, 1.82) is 0 Å². The summed E-state index contributed by atoms with van der Waals surface area (Å²) < 4.78 is 51.4. The van der Waals surface area contributed by atoms with Crippen molar-refractivity contribution in [3.63, 3.8) is 0 Å². The van der Waals surface area contributed by atoms with Gasteiger partial charge in [0, 0.05) is 29.3 Å². The molecule has 2 saturated carbocycles. The van der Waals surface area contributed by atoms with Crippen molar-refractivity contribution in [1.82, 2.24) is 25.2 Å². The third-order valence-corrected chi connectivity index (χ3v) is 12.9. The predicted octanol–water partition coefficient (Wildman–Crippen LogP) is 2.01. The number of benzene rings is 1. The molecule has 52 heavy (non-hydrogen) atoms. The second kappa shape index (κ2) is 13.4. The number of hydrogen-bond acceptors (Lipinski definition) is 11. The van der Waals surface area contributed by atoms with E-state index in [0.717, 1.165) is 0 Å². The summed E-state index contributed by atoms with van der Waals surface area (Å²) in [4.78, 5) is 60.0. The molecule has 17 heteroatoms. The Hall–Kier alpha value is -4.64. The van der Waals surface area contributed by atoms with Gasteiger partial charge in [0.1, 0.15) is 36.9 Å². The SMILES string of the molecule is C[C@@H]1CC/C=C\[C@@H]2C[C@@]2(C(=O)NS(=O)(=O)C2(C)CC2)NC(=O)[C@@H]2C[C@@H](Oc3nccc4c5c(ccc34)OCCO5)CN2C(=O)[C@@H](NC(=O)O)[C@H](C)O1. The van der Waals surface area contributed by atoms with Crippen molar-refractivity contribution in [2.45, 2.75) is 100.0 Å². The third-order valence-electron chi connectivity index (χ3n) is 10.7. The summed E-state index contributed by atoms with van der Waals surface area (Å²) in [6, 6.07) is 2.69. The number of aromatic nitrogens is 1. The van der Waals surface area contributed by atoms with Crippen molar-refractivity contribution in [2.75, 3.05) is 19.8 Å². The Labute approximate surface area is 300 Å².